The number of nitrogens with zero attached hydrogens (tertiary/aromatic N) is 1. The van der Waals surface area contributed by atoms with Crippen LogP contribution in [0, 0.1) is 0 Å². The van der Waals surface area contributed by atoms with Crippen LogP contribution in [0.3, 0.4) is 0 Å². The van der Waals surface area contributed by atoms with Crippen LogP contribution < -0.4 is 9.47 Å². The van der Waals surface area contributed by atoms with E-state index in [-0.39, 0.29) is 6.08 Å². The van der Waals surface area contributed by atoms with E-state index < -0.39 is 0 Å². The fourth-order valence-electron chi connectivity index (χ4n) is 1.97. The Kier molecular flexibility index (Phi) is 5.42. The Bertz CT molecular complexity index is 679. The average molecular weight is 299 g/mol. The van der Waals surface area contributed by atoms with E-state index in [1.807, 2.05) is 18.2 Å². The van der Waals surface area contributed by atoms with Crippen molar-refractivity contribution in [3.8, 4) is 11.8 Å². The molecular formula is C18H21NO3. The molecule has 1 heterocycles. The molecule has 0 fully saturated rings. The number of hydrogen-bond acceptors (Lipinski definition) is 4. The highest BCUT2D eigenvalue weighted by atomic mass is 16.6. The SMILES string of the molecule is COc1ncc(/C=C/c2ccc(CC=C(C)C)c(OC)c2)o1. The van der Waals surface area contributed by atoms with Crippen molar-refractivity contribution < 1.29 is 13.9 Å². The summed E-state index contributed by atoms with van der Waals surface area (Å²) in [6.07, 6.45) is 8.74. The van der Waals surface area contributed by atoms with Gasteiger partial charge in [-0.05, 0) is 43.5 Å². The second-order valence-electron chi connectivity index (χ2n) is 5.12. The fraction of sp³-hybridized carbons (Fsp3) is 0.278. The van der Waals surface area contributed by atoms with Crippen LogP contribution in [0.25, 0.3) is 12.2 Å². The van der Waals surface area contributed by atoms with Crippen LogP contribution in [-0.4, -0.2) is 19.2 Å². The first-order valence-corrected chi connectivity index (χ1v) is 7.10. The summed E-state index contributed by atoms with van der Waals surface area (Å²) in [6.45, 7) is 4.19. The summed E-state index contributed by atoms with van der Waals surface area (Å²) in [5, 5.41) is 0. The highest BCUT2D eigenvalue weighted by molar-refractivity contribution is 5.68. The summed E-state index contributed by atoms with van der Waals surface area (Å²) in [5.74, 6) is 1.53. The van der Waals surface area contributed by atoms with Crippen LogP contribution in [-0.2, 0) is 6.42 Å². The Morgan fingerprint density at radius 2 is 2.00 bits per heavy atom. The van der Waals surface area contributed by atoms with Gasteiger partial charge >= 0.3 is 6.08 Å². The molecule has 0 spiro atoms. The molecule has 0 bridgehead atoms. The van der Waals surface area contributed by atoms with Crippen molar-refractivity contribution in [1.82, 2.24) is 4.98 Å². The number of allylic oxidation sites excluding steroid dienone is 2. The maximum absolute atomic E-state index is 5.47. The molecule has 0 aliphatic carbocycles. The van der Waals surface area contributed by atoms with Gasteiger partial charge in [0.25, 0.3) is 0 Å². The number of methoxy groups -OCH3 is 2. The third kappa shape index (κ3) is 4.25. The number of oxazole rings is 1. The number of hydrogen-bond donors (Lipinski definition) is 0. The van der Waals surface area contributed by atoms with Gasteiger partial charge in [0.1, 0.15) is 5.75 Å². The lowest BCUT2D eigenvalue weighted by atomic mass is 10.1. The van der Waals surface area contributed by atoms with Gasteiger partial charge in [0.05, 0.1) is 20.4 Å². The Morgan fingerprint density at radius 1 is 1.18 bits per heavy atom. The van der Waals surface area contributed by atoms with Gasteiger partial charge in [0.2, 0.25) is 0 Å². The largest absolute Gasteiger partial charge is 0.496 e. The molecule has 1 aromatic carbocycles. The first kappa shape index (κ1) is 15.9. The molecule has 4 heteroatoms. The van der Waals surface area contributed by atoms with Crippen molar-refractivity contribution in [2.24, 2.45) is 0 Å². The molecule has 116 valence electrons. The molecule has 2 aromatic rings. The van der Waals surface area contributed by atoms with Gasteiger partial charge in [-0.1, -0.05) is 29.9 Å². The van der Waals surface area contributed by atoms with E-state index in [9.17, 15) is 0 Å². The minimum atomic E-state index is 0.259. The van der Waals surface area contributed by atoms with Gasteiger partial charge in [0, 0.05) is 0 Å². The molecule has 2 rings (SSSR count). The molecule has 0 N–H and O–H groups in total. The molecule has 22 heavy (non-hydrogen) atoms. The van der Waals surface area contributed by atoms with Crippen LogP contribution >= 0.6 is 0 Å². The zero-order valence-corrected chi connectivity index (χ0v) is 13.4. The summed E-state index contributed by atoms with van der Waals surface area (Å²) < 4.78 is 15.7. The molecule has 0 saturated heterocycles. The fourth-order valence-corrected chi connectivity index (χ4v) is 1.97. The van der Waals surface area contributed by atoms with E-state index >= 15 is 0 Å². The lowest BCUT2D eigenvalue weighted by Crippen LogP contribution is -1.91. The summed E-state index contributed by atoms with van der Waals surface area (Å²) in [5.41, 5.74) is 3.50. The number of aromatic nitrogens is 1. The van der Waals surface area contributed by atoms with Crippen LogP contribution in [0.1, 0.15) is 30.7 Å². The normalized spacial score (nSPS) is 10.7. The lowest BCUT2D eigenvalue weighted by molar-refractivity contribution is 0.288. The molecule has 0 radical (unpaired) electrons. The third-order valence-electron chi connectivity index (χ3n) is 3.16. The first-order chi connectivity index (χ1) is 10.6. The number of ether oxygens (including phenoxy) is 2. The summed E-state index contributed by atoms with van der Waals surface area (Å²) in [4.78, 5) is 3.96. The Labute approximate surface area is 131 Å². The topological polar surface area (TPSA) is 44.5 Å². The highest BCUT2D eigenvalue weighted by Gasteiger charge is 2.03. The van der Waals surface area contributed by atoms with Crippen molar-refractivity contribution in [2.75, 3.05) is 14.2 Å². The maximum Gasteiger partial charge on any atom is 0.393 e. The van der Waals surface area contributed by atoms with Gasteiger partial charge in [-0.15, -0.1) is 0 Å². The number of benzene rings is 1. The predicted molar refractivity (Wildman–Crippen MR) is 88.1 cm³/mol. The molecule has 0 amide bonds. The second kappa shape index (κ2) is 7.50. The van der Waals surface area contributed by atoms with E-state index in [1.54, 1.807) is 13.3 Å². The average Bonchev–Trinajstić information content (AvgIpc) is 2.99. The number of rotatable bonds is 6. The minimum absolute atomic E-state index is 0.259. The van der Waals surface area contributed by atoms with E-state index in [0.717, 1.165) is 17.7 Å². The molecule has 0 saturated carbocycles. The van der Waals surface area contributed by atoms with Crippen molar-refractivity contribution in [2.45, 2.75) is 20.3 Å². The standard InChI is InChI=1S/C18H21NO3/c1-13(2)5-8-15-9-6-14(11-17(15)20-3)7-10-16-12-19-18(21-4)22-16/h5-7,9-12H,8H2,1-4H3/b10-7+. The second-order valence-corrected chi connectivity index (χ2v) is 5.12. The van der Waals surface area contributed by atoms with E-state index in [0.29, 0.717) is 5.76 Å². The van der Waals surface area contributed by atoms with Crippen LogP contribution in [0.2, 0.25) is 0 Å². The predicted octanol–water partition coefficient (Wildman–Crippen LogP) is 4.37. The molecule has 0 aliphatic heterocycles. The van der Waals surface area contributed by atoms with Gasteiger partial charge in [0.15, 0.2) is 5.76 Å². The summed E-state index contributed by atoms with van der Waals surface area (Å²) in [6, 6.07) is 6.15. The monoisotopic (exact) mass is 299 g/mol. The van der Waals surface area contributed by atoms with E-state index in [1.165, 1.54) is 18.2 Å². The molecular weight excluding hydrogens is 278 g/mol. The molecule has 0 unspecified atom stereocenters. The minimum Gasteiger partial charge on any atom is -0.496 e. The Balaban J connectivity index is 2.16. The summed E-state index contributed by atoms with van der Waals surface area (Å²) in [7, 11) is 3.21. The van der Waals surface area contributed by atoms with E-state index in [4.69, 9.17) is 13.9 Å². The van der Waals surface area contributed by atoms with Gasteiger partial charge in [-0.3, -0.25) is 0 Å². The van der Waals surface area contributed by atoms with Crippen LogP contribution in [0.15, 0.2) is 40.5 Å². The highest BCUT2D eigenvalue weighted by Crippen LogP contribution is 2.23. The van der Waals surface area contributed by atoms with E-state index in [2.05, 4.69) is 37.0 Å². The van der Waals surface area contributed by atoms with Crippen molar-refractivity contribution in [3.05, 3.63) is 52.9 Å². The first-order valence-electron chi connectivity index (χ1n) is 7.10. The molecule has 4 nitrogen and oxygen atoms in total. The maximum atomic E-state index is 5.47. The smallest absolute Gasteiger partial charge is 0.393 e. The van der Waals surface area contributed by atoms with Crippen LogP contribution in [0.5, 0.6) is 11.8 Å². The third-order valence-corrected chi connectivity index (χ3v) is 3.16. The van der Waals surface area contributed by atoms with Gasteiger partial charge < -0.3 is 13.9 Å². The quantitative estimate of drug-likeness (QED) is 0.743. The molecule has 1 aromatic heterocycles. The van der Waals surface area contributed by atoms with Crippen LogP contribution in [0.4, 0.5) is 0 Å². The zero-order valence-electron chi connectivity index (χ0n) is 13.4. The zero-order chi connectivity index (χ0) is 15.9. The molecule has 0 aliphatic rings. The van der Waals surface area contributed by atoms with Gasteiger partial charge in [-0.2, -0.15) is 4.98 Å². The van der Waals surface area contributed by atoms with Crippen molar-refractivity contribution in [1.29, 1.82) is 0 Å². The summed E-state index contributed by atoms with van der Waals surface area (Å²) >= 11 is 0. The Hall–Kier alpha value is -2.49. The molecule has 0 atom stereocenters. The van der Waals surface area contributed by atoms with Gasteiger partial charge in [-0.25, -0.2) is 0 Å². The van der Waals surface area contributed by atoms with Crippen molar-refractivity contribution >= 4 is 12.2 Å². The Morgan fingerprint density at radius 3 is 2.64 bits per heavy atom. The lowest BCUT2D eigenvalue weighted by Gasteiger charge is -2.08. The van der Waals surface area contributed by atoms with Crippen molar-refractivity contribution in [3.63, 3.8) is 0 Å².